The largest absolute Gasteiger partial charge is 0.332 e. The van der Waals surface area contributed by atoms with Gasteiger partial charge in [0.1, 0.15) is 11.9 Å². The van der Waals surface area contributed by atoms with Crippen LogP contribution in [0.25, 0.3) is 0 Å². The summed E-state index contributed by atoms with van der Waals surface area (Å²) in [6, 6.07) is 4.41. The van der Waals surface area contributed by atoms with Crippen LogP contribution in [-0.4, -0.2) is 40.7 Å². The molecule has 0 aromatic heterocycles. The highest BCUT2D eigenvalue weighted by Gasteiger charge is 2.35. The Balaban J connectivity index is 2.14. The van der Waals surface area contributed by atoms with Crippen LogP contribution in [-0.2, 0) is 16.1 Å². The summed E-state index contributed by atoms with van der Waals surface area (Å²) in [4.78, 5) is 27.6. The van der Waals surface area contributed by atoms with Crippen molar-refractivity contribution in [3.05, 3.63) is 35.1 Å². The van der Waals surface area contributed by atoms with Crippen LogP contribution >= 0.6 is 0 Å². The first-order valence-electron chi connectivity index (χ1n) is 7.27. The molecular formula is C16H21FN2O2. The Morgan fingerprint density at radius 3 is 2.67 bits per heavy atom. The van der Waals surface area contributed by atoms with Crippen molar-refractivity contribution in [3.8, 4) is 0 Å². The molecule has 0 N–H and O–H groups in total. The number of carbonyl (C=O) groups excluding carboxylic acids is 2. The zero-order valence-electron chi connectivity index (χ0n) is 12.7. The van der Waals surface area contributed by atoms with Crippen molar-refractivity contribution in [2.45, 2.75) is 39.8 Å². The van der Waals surface area contributed by atoms with Crippen molar-refractivity contribution in [2.75, 3.05) is 13.1 Å². The number of aryl methyl sites for hydroxylation is 1. The zero-order valence-corrected chi connectivity index (χ0v) is 12.7. The molecule has 1 aromatic rings. The number of hydrogen-bond donors (Lipinski definition) is 0. The normalized spacial score (nSPS) is 19.3. The lowest BCUT2D eigenvalue weighted by Gasteiger charge is -2.38. The van der Waals surface area contributed by atoms with E-state index in [4.69, 9.17) is 0 Å². The summed E-state index contributed by atoms with van der Waals surface area (Å²) in [5.74, 6) is -0.413. The molecule has 1 atom stereocenters. The quantitative estimate of drug-likeness (QED) is 0.852. The summed E-state index contributed by atoms with van der Waals surface area (Å²) >= 11 is 0. The van der Waals surface area contributed by atoms with E-state index in [1.54, 1.807) is 30.9 Å². The van der Waals surface area contributed by atoms with Crippen molar-refractivity contribution < 1.29 is 14.0 Å². The van der Waals surface area contributed by atoms with Crippen LogP contribution in [0.4, 0.5) is 4.39 Å². The van der Waals surface area contributed by atoms with Crippen molar-refractivity contribution in [1.82, 2.24) is 9.80 Å². The maximum Gasteiger partial charge on any atom is 0.245 e. The Labute approximate surface area is 124 Å². The molecule has 0 bridgehead atoms. The highest BCUT2D eigenvalue weighted by molar-refractivity contribution is 5.94. The van der Waals surface area contributed by atoms with Crippen LogP contribution in [0.3, 0.4) is 0 Å². The maximum absolute atomic E-state index is 13.6. The molecule has 0 radical (unpaired) electrons. The fourth-order valence-corrected chi connectivity index (χ4v) is 2.56. The molecule has 0 aliphatic carbocycles. The molecule has 114 valence electrons. The zero-order chi connectivity index (χ0) is 15.6. The van der Waals surface area contributed by atoms with E-state index in [2.05, 4.69) is 0 Å². The molecule has 0 spiro atoms. The van der Waals surface area contributed by atoms with E-state index >= 15 is 0 Å². The molecule has 2 rings (SSSR count). The second kappa shape index (κ2) is 6.24. The Morgan fingerprint density at radius 2 is 2.05 bits per heavy atom. The van der Waals surface area contributed by atoms with Crippen molar-refractivity contribution in [3.63, 3.8) is 0 Å². The second-order valence-electron chi connectivity index (χ2n) is 5.54. The Morgan fingerprint density at radius 1 is 1.33 bits per heavy atom. The van der Waals surface area contributed by atoms with Gasteiger partial charge in [0.05, 0.1) is 6.54 Å². The van der Waals surface area contributed by atoms with Gasteiger partial charge < -0.3 is 9.80 Å². The minimum absolute atomic E-state index is 0.0379. The Hall–Kier alpha value is -1.91. The number of benzene rings is 1. The van der Waals surface area contributed by atoms with Gasteiger partial charge in [-0.15, -0.1) is 0 Å². The average Bonchev–Trinajstić information content (AvgIpc) is 2.45. The van der Waals surface area contributed by atoms with Crippen LogP contribution in [0.15, 0.2) is 18.2 Å². The number of halogens is 1. The number of rotatable bonds is 4. The standard InChI is InChI=1S/C16H21FN2O2/c1-4-7-18-10-15(20)19(12(3)16(18)21)9-13-6-5-11(2)14(17)8-13/h5-6,8,12H,4,7,9-10H2,1-3H3/t12-/m1/s1. The molecule has 1 fully saturated rings. The number of nitrogens with zero attached hydrogens (tertiary/aromatic N) is 2. The number of hydrogen-bond acceptors (Lipinski definition) is 2. The SMILES string of the molecule is CCCN1CC(=O)N(Cc2ccc(C)c(F)c2)[C@H](C)C1=O. The van der Waals surface area contributed by atoms with Crippen molar-refractivity contribution >= 4 is 11.8 Å². The van der Waals surface area contributed by atoms with Crippen LogP contribution in [0.5, 0.6) is 0 Å². The van der Waals surface area contributed by atoms with Gasteiger partial charge in [-0.3, -0.25) is 9.59 Å². The fourth-order valence-electron chi connectivity index (χ4n) is 2.56. The predicted molar refractivity (Wildman–Crippen MR) is 78.0 cm³/mol. The lowest BCUT2D eigenvalue weighted by atomic mass is 10.1. The molecule has 4 nitrogen and oxygen atoms in total. The van der Waals surface area contributed by atoms with Gasteiger partial charge in [-0.05, 0) is 37.5 Å². The van der Waals surface area contributed by atoms with Crippen LogP contribution in [0, 0.1) is 12.7 Å². The van der Waals surface area contributed by atoms with E-state index in [0.29, 0.717) is 17.7 Å². The van der Waals surface area contributed by atoms with Gasteiger partial charge in [0.25, 0.3) is 0 Å². The lowest BCUT2D eigenvalue weighted by molar-refractivity contribution is -0.155. The predicted octanol–water partition coefficient (Wildman–Crippen LogP) is 2.10. The number of carbonyl (C=O) groups is 2. The summed E-state index contributed by atoms with van der Waals surface area (Å²) in [6.45, 7) is 6.38. The number of piperazine rings is 1. The summed E-state index contributed by atoms with van der Waals surface area (Å²) in [6.07, 6.45) is 0.828. The highest BCUT2D eigenvalue weighted by Crippen LogP contribution is 2.18. The van der Waals surface area contributed by atoms with Gasteiger partial charge >= 0.3 is 0 Å². The smallest absolute Gasteiger partial charge is 0.245 e. The monoisotopic (exact) mass is 292 g/mol. The molecule has 0 saturated carbocycles. The minimum Gasteiger partial charge on any atom is -0.332 e. The van der Waals surface area contributed by atoms with Crippen LogP contribution < -0.4 is 0 Å². The van der Waals surface area contributed by atoms with Gasteiger partial charge in [-0.2, -0.15) is 0 Å². The third kappa shape index (κ3) is 3.23. The molecule has 0 unspecified atom stereocenters. The molecule has 1 saturated heterocycles. The molecule has 5 heteroatoms. The molecular weight excluding hydrogens is 271 g/mol. The summed E-state index contributed by atoms with van der Waals surface area (Å²) in [7, 11) is 0. The lowest BCUT2D eigenvalue weighted by Crippen LogP contribution is -2.58. The first kappa shape index (κ1) is 15.5. The topological polar surface area (TPSA) is 40.6 Å². The van der Waals surface area contributed by atoms with Gasteiger partial charge in [-0.25, -0.2) is 4.39 Å². The summed E-state index contributed by atoms with van der Waals surface area (Å²) in [5, 5.41) is 0. The minimum atomic E-state index is -0.498. The summed E-state index contributed by atoms with van der Waals surface area (Å²) < 4.78 is 13.6. The van der Waals surface area contributed by atoms with E-state index in [1.165, 1.54) is 11.0 Å². The highest BCUT2D eigenvalue weighted by atomic mass is 19.1. The molecule has 1 heterocycles. The number of amides is 2. The molecule has 1 aliphatic rings. The van der Waals surface area contributed by atoms with E-state index in [9.17, 15) is 14.0 Å². The van der Waals surface area contributed by atoms with Gasteiger partial charge in [-0.1, -0.05) is 19.1 Å². The van der Waals surface area contributed by atoms with E-state index < -0.39 is 6.04 Å². The van der Waals surface area contributed by atoms with E-state index in [-0.39, 0.29) is 30.7 Å². The van der Waals surface area contributed by atoms with Crippen LogP contribution in [0.1, 0.15) is 31.4 Å². The molecule has 21 heavy (non-hydrogen) atoms. The van der Waals surface area contributed by atoms with Crippen molar-refractivity contribution in [2.24, 2.45) is 0 Å². The molecule has 1 aliphatic heterocycles. The van der Waals surface area contributed by atoms with E-state index in [0.717, 1.165) is 6.42 Å². The van der Waals surface area contributed by atoms with Gasteiger partial charge in [0, 0.05) is 13.1 Å². The average molecular weight is 292 g/mol. The Bertz CT molecular complexity index is 559. The van der Waals surface area contributed by atoms with Gasteiger partial charge in [0.2, 0.25) is 11.8 Å². The third-order valence-corrected chi connectivity index (χ3v) is 3.87. The van der Waals surface area contributed by atoms with Gasteiger partial charge in [0.15, 0.2) is 0 Å². The first-order chi connectivity index (χ1) is 9.93. The molecule has 2 amide bonds. The van der Waals surface area contributed by atoms with Crippen LogP contribution in [0.2, 0.25) is 0 Å². The summed E-state index contributed by atoms with van der Waals surface area (Å²) in [5.41, 5.74) is 1.28. The molecule has 1 aromatic carbocycles. The van der Waals surface area contributed by atoms with E-state index in [1.807, 2.05) is 6.92 Å². The Kier molecular flexibility index (Phi) is 4.60. The third-order valence-electron chi connectivity index (χ3n) is 3.87. The fraction of sp³-hybridized carbons (Fsp3) is 0.500. The maximum atomic E-state index is 13.6. The first-order valence-corrected chi connectivity index (χ1v) is 7.27. The van der Waals surface area contributed by atoms with Crippen molar-refractivity contribution in [1.29, 1.82) is 0 Å². The second-order valence-corrected chi connectivity index (χ2v) is 5.54.